The van der Waals surface area contributed by atoms with Gasteiger partial charge in [0.1, 0.15) is 0 Å². The number of anilines is 1. The summed E-state index contributed by atoms with van der Waals surface area (Å²) < 4.78 is 0. The lowest BCUT2D eigenvalue weighted by Crippen LogP contribution is -2.27. The summed E-state index contributed by atoms with van der Waals surface area (Å²) in [6.45, 7) is 2.11. The molecule has 1 aromatic carbocycles. The minimum Gasteiger partial charge on any atom is -0.398 e. The maximum Gasteiger partial charge on any atom is 0.253 e. The fourth-order valence-corrected chi connectivity index (χ4v) is 1.69. The molecule has 80 valence electrons. The van der Waals surface area contributed by atoms with E-state index < -0.39 is 0 Å². The third-order valence-corrected chi connectivity index (χ3v) is 2.92. The second kappa shape index (κ2) is 3.74. The first kappa shape index (κ1) is 10.3. The number of nitrogens with two attached hydrogens (primary N) is 1. The predicted octanol–water partition coefficient (Wildman–Crippen LogP) is 2.06. The summed E-state index contributed by atoms with van der Waals surface area (Å²) >= 11 is 5.75. The molecular weight excluding hydrogens is 212 g/mol. The maximum atomic E-state index is 11.7. The van der Waals surface area contributed by atoms with E-state index in [1.54, 1.807) is 18.2 Å². The first-order valence-electron chi connectivity index (χ1n) is 4.94. The summed E-state index contributed by atoms with van der Waals surface area (Å²) in [5.41, 5.74) is 6.63. The van der Waals surface area contributed by atoms with Gasteiger partial charge in [0.05, 0.1) is 5.56 Å². The third-order valence-electron chi connectivity index (χ3n) is 2.68. The summed E-state index contributed by atoms with van der Waals surface area (Å²) in [5, 5.41) is 3.46. The molecule has 0 aliphatic heterocycles. The van der Waals surface area contributed by atoms with Crippen molar-refractivity contribution in [1.82, 2.24) is 5.32 Å². The molecule has 15 heavy (non-hydrogen) atoms. The lowest BCUT2D eigenvalue weighted by atomic mass is 10.1. The van der Waals surface area contributed by atoms with E-state index in [0.29, 0.717) is 28.2 Å². The minimum absolute atomic E-state index is 0.112. The van der Waals surface area contributed by atoms with Gasteiger partial charge in [0, 0.05) is 16.8 Å². The lowest BCUT2D eigenvalue weighted by Gasteiger charge is -2.06. The molecule has 4 heteroatoms. The van der Waals surface area contributed by atoms with E-state index in [9.17, 15) is 4.79 Å². The normalized spacial score (nSPS) is 23.6. The Kier molecular flexibility index (Phi) is 2.57. The molecule has 2 atom stereocenters. The van der Waals surface area contributed by atoms with Crippen molar-refractivity contribution in [2.45, 2.75) is 19.4 Å². The van der Waals surface area contributed by atoms with Crippen molar-refractivity contribution in [2.24, 2.45) is 5.92 Å². The summed E-state index contributed by atoms with van der Waals surface area (Å²) in [6.07, 6.45) is 1.05. The number of hydrogen-bond acceptors (Lipinski definition) is 2. The van der Waals surface area contributed by atoms with Crippen molar-refractivity contribution < 1.29 is 4.79 Å². The Morgan fingerprint density at radius 2 is 2.27 bits per heavy atom. The Hall–Kier alpha value is -1.22. The molecule has 0 saturated heterocycles. The summed E-state index contributed by atoms with van der Waals surface area (Å²) in [7, 11) is 0. The van der Waals surface area contributed by atoms with Gasteiger partial charge >= 0.3 is 0 Å². The zero-order chi connectivity index (χ0) is 11.0. The van der Waals surface area contributed by atoms with Gasteiger partial charge in [0.2, 0.25) is 0 Å². The Morgan fingerprint density at radius 3 is 2.80 bits per heavy atom. The molecule has 1 saturated carbocycles. The zero-order valence-corrected chi connectivity index (χ0v) is 9.21. The molecule has 0 heterocycles. The van der Waals surface area contributed by atoms with Crippen molar-refractivity contribution in [3.05, 3.63) is 28.8 Å². The van der Waals surface area contributed by atoms with Gasteiger partial charge in [-0.15, -0.1) is 0 Å². The van der Waals surface area contributed by atoms with Crippen LogP contribution in [0, 0.1) is 5.92 Å². The highest BCUT2D eigenvalue weighted by Gasteiger charge is 2.34. The fraction of sp³-hybridized carbons (Fsp3) is 0.364. The van der Waals surface area contributed by atoms with Gasteiger partial charge in [0.15, 0.2) is 0 Å². The predicted molar refractivity (Wildman–Crippen MR) is 60.9 cm³/mol. The van der Waals surface area contributed by atoms with Crippen LogP contribution in [0.15, 0.2) is 18.2 Å². The van der Waals surface area contributed by atoms with Crippen molar-refractivity contribution >= 4 is 23.2 Å². The van der Waals surface area contributed by atoms with Crippen LogP contribution in [-0.4, -0.2) is 11.9 Å². The van der Waals surface area contributed by atoms with Gasteiger partial charge in [-0.3, -0.25) is 4.79 Å². The van der Waals surface area contributed by atoms with Gasteiger partial charge in [-0.1, -0.05) is 18.5 Å². The number of nitrogens with one attached hydrogen (secondary N) is 1. The molecule has 1 fully saturated rings. The summed E-state index contributed by atoms with van der Waals surface area (Å²) in [4.78, 5) is 11.7. The standard InChI is InChI=1S/C11H13ClN2O/c1-6-4-10(6)14-11(15)8-3-2-7(12)5-9(8)13/h2-3,5-6,10H,4,13H2,1H3,(H,14,15). The van der Waals surface area contributed by atoms with Crippen LogP contribution in [0.2, 0.25) is 5.02 Å². The van der Waals surface area contributed by atoms with Crippen LogP contribution in [0.5, 0.6) is 0 Å². The van der Waals surface area contributed by atoms with E-state index in [4.69, 9.17) is 17.3 Å². The van der Waals surface area contributed by atoms with Crippen LogP contribution < -0.4 is 11.1 Å². The molecule has 3 N–H and O–H groups in total. The highest BCUT2D eigenvalue weighted by molar-refractivity contribution is 6.31. The second-order valence-corrected chi connectivity index (χ2v) is 4.46. The van der Waals surface area contributed by atoms with Crippen LogP contribution >= 0.6 is 11.6 Å². The zero-order valence-electron chi connectivity index (χ0n) is 8.46. The fourth-order valence-electron chi connectivity index (χ4n) is 1.51. The van der Waals surface area contributed by atoms with Gasteiger partial charge in [0.25, 0.3) is 5.91 Å². The molecule has 0 bridgehead atoms. The molecule has 0 radical (unpaired) electrons. The van der Waals surface area contributed by atoms with E-state index in [2.05, 4.69) is 12.2 Å². The molecule has 1 aliphatic rings. The number of carbonyl (C=O) groups is 1. The van der Waals surface area contributed by atoms with E-state index in [1.165, 1.54) is 0 Å². The Labute approximate surface area is 93.6 Å². The van der Waals surface area contributed by atoms with Gasteiger partial charge in [-0.2, -0.15) is 0 Å². The molecule has 3 nitrogen and oxygen atoms in total. The number of carbonyl (C=O) groups excluding carboxylic acids is 1. The Morgan fingerprint density at radius 1 is 1.60 bits per heavy atom. The topological polar surface area (TPSA) is 55.1 Å². The highest BCUT2D eigenvalue weighted by Crippen LogP contribution is 2.29. The number of rotatable bonds is 2. The van der Waals surface area contributed by atoms with E-state index in [-0.39, 0.29) is 5.91 Å². The Balaban J connectivity index is 2.11. The summed E-state index contributed by atoms with van der Waals surface area (Å²) in [5.74, 6) is 0.473. The number of benzene rings is 1. The Bertz CT molecular complexity index is 406. The van der Waals surface area contributed by atoms with Crippen LogP contribution in [-0.2, 0) is 0 Å². The number of hydrogen-bond donors (Lipinski definition) is 2. The van der Waals surface area contributed by atoms with Crippen LogP contribution in [0.1, 0.15) is 23.7 Å². The summed E-state index contributed by atoms with van der Waals surface area (Å²) in [6, 6.07) is 5.23. The van der Waals surface area contributed by atoms with Gasteiger partial charge in [-0.05, 0) is 30.5 Å². The van der Waals surface area contributed by atoms with Crippen LogP contribution in [0.4, 0.5) is 5.69 Å². The lowest BCUT2D eigenvalue weighted by molar-refractivity contribution is 0.0950. The quantitative estimate of drug-likeness (QED) is 0.756. The van der Waals surface area contributed by atoms with E-state index in [1.807, 2.05) is 0 Å². The largest absolute Gasteiger partial charge is 0.398 e. The highest BCUT2D eigenvalue weighted by atomic mass is 35.5. The molecule has 2 rings (SSSR count). The first-order valence-corrected chi connectivity index (χ1v) is 5.31. The minimum atomic E-state index is -0.112. The molecule has 2 unspecified atom stereocenters. The average molecular weight is 225 g/mol. The maximum absolute atomic E-state index is 11.7. The van der Waals surface area contributed by atoms with Crippen molar-refractivity contribution in [1.29, 1.82) is 0 Å². The average Bonchev–Trinajstić information content (AvgIpc) is 2.81. The van der Waals surface area contributed by atoms with E-state index in [0.717, 1.165) is 6.42 Å². The van der Waals surface area contributed by atoms with Crippen molar-refractivity contribution in [3.63, 3.8) is 0 Å². The van der Waals surface area contributed by atoms with Crippen molar-refractivity contribution in [3.8, 4) is 0 Å². The van der Waals surface area contributed by atoms with Crippen molar-refractivity contribution in [2.75, 3.05) is 5.73 Å². The molecule has 1 aromatic rings. The smallest absolute Gasteiger partial charge is 0.253 e. The number of nitrogen functional groups attached to an aromatic ring is 1. The second-order valence-electron chi connectivity index (χ2n) is 4.02. The molecule has 0 aromatic heterocycles. The number of amides is 1. The SMILES string of the molecule is CC1CC1NC(=O)c1ccc(Cl)cc1N. The third kappa shape index (κ3) is 2.23. The first-order chi connectivity index (χ1) is 7.08. The number of halogens is 1. The molecule has 1 aliphatic carbocycles. The van der Waals surface area contributed by atoms with Crippen LogP contribution in [0.25, 0.3) is 0 Å². The molecular formula is C11H13ClN2O. The van der Waals surface area contributed by atoms with Crippen LogP contribution in [0.3, 0.4) is 0 Å². The molecule has 0 spiro atoms. The molecule has 1 amide bonds. The van der Waals surface area contributed by atoms with Gasteiger partial charge in [-0.25, -0.2) is 0 Å². The monoisotopic (exact) mass is 224 g/mol. The van der Waals surface area contributed by atoms with E-state index >= 15 is 0 Å². The van der Waals surface area contributed by atoms with Gasteiger partial charge < -0.3 is 11.1 Å².